The van der Waals surface area contributed by atoms with Gasteiger partial charge in [0.25, 0.3) is 0 Å². The number of hydrogen-bond donors (Lipinski definition) is 2. The van der Waals surface area contributed by atoms with Crippen LogP contribution in [0.15, 0.2) is 24.3 Å². The Morgan fingerprint density at radius 2 is 1.92 bits per heavy atom. The molecule has 0 aliphatic rings. The highest BCUT2D eigenvalue weighted by Gasteiger charge is 2.19. The molecule has 0 fully saturated rings. The van der Waals surface area contributed by atoms with Crippen molar-refractivity contribution in [2.45, 2.75) is 33.4 Å². The van der Waals surface area contributed by atoms with Crippen molar-refractivity contribution in [3.8, 4) is 0 Å². The number of hydrogen-bond acceptors (Lipinski definition) is 4. The molecule has 0 saturated carbocycles. The van der Waals surface area contributed by atoms with Gasteiger partial charge in [0.2, 0.25) is 11.8 Å². The number of nitrogens with zero attached hydrogens (tertiary/aromatic N) is 2. The van der Waals surface area contributed by atoms with Crippen LogP contribution in [0, 0.1) is 5.92 Å². The molecule has 2 aromatic rings. The van der Waals surface area contributed by atoms with Gasteiger partial charge in [-0.25, -0.2) is 4.98 Å². The van der Waals surface area contributed by atoms with Gasteiger partial charge in [-0.3, -0.25) is 9.59 Å². The van der Waals surface area contributed by atoms with E-state index in [1.807, 2.05) is 49.6 Å². The molecule has 1 aromatic heterocycles. The highest BCUT2D eigenvalue weighted by atomic mass is 16.5. The molecule has 0 aliphatic carbocycles. The van der Waals surface area contributed by atoms with Gasteiger partial charge in [0.15, 0.2) is 0 Å². The van der Waals surface area contributed by atoms with Crippen molar-refractivity contribution < 1.29 is 14.3 Å². The first-order valence-electron chi connectivity index (χ1n) is 8.42. The normalized spacial score (nSPS) is 12.4. The summed E-state index contributed by atoms with van der Waals surface area (Å²) in [6, 6.07) is 7.28. The summed E-state index contributed by atoms with van der Waals surface area (Å²) >= 11 is 0. The van der Waals surface area contributed by atoms with Gasteiger partial charge in [0.1, 0.15) is 19.0 Å². The molecule has 7 heteroatoms. The maximum Gasteiger partial charge on any atom is 0.246 e. The van der Waals surface area contributed by atoms with E-state index >= 15 is 0 Å². The van der Waals surface area contributed by atoms with Crippen molar-refractivity contribution in [2.75, 3.05) is 20.3 Å². The van der Waals surface area contributed by atoms with Crippen molar-refractivity contribution in [3.63, 3.8) is 0 Å². The standard InChI is InChI=1S/C18H26N4O3/c1-12(2)9-19-16(23)10-22-15-8-6-5-7-14(15)21-18(22)13(3)20-17(24)11-25-4/h5-8,12-13H,9-11H2,1-4H3,(H,19,23)(H,20,24). The van der Waals surface area contributed by atoms with Gasteiger partial charge in [0.05, 0.1) is 17.1 Å². The van der Waals surface area contributed by atoms with E-state index in [0.29, 0.717) is 18.3 Å². The van der Waals surface area contributed by atoms with Gasteiger partial charge in [0, 0.05) is 13.7 Å². The third-order valence-electron chi connectivity index (χ3n) is 3.73. The Bertz CT molecular complexity index is 739. The van der Waals surface area contributed by atoms with Crippen molar-refractivity contribution in [1.82, 2.24) is 20.2 Å². The molecule has 1 aromatic carbocycles. The van der Waals surface area contributed by atoms with Gasteiger partial charge in [-0.2, -0.15) is 0 Å². The highest BCUT2D eigenvalue weighted by Crippen LogP contribution is 2.20. The number of nitrogens with one attached hydrogen (secondary N) is 2. The zero-order valence-electron chi connectivity index (χ0n) is 15.2. The Hall–Kier alpha value is -2.41. The average molecular weight is 346 g/mol. The smallest absolute Gasteiger partial charge is 0.246 e. The van der Waals surface area contributed by atoms with Crippen LogP contribution in [0.3, 0.4) is 0 Å². The maximum absolute atomic E-state index is 12.3. The second-order valence-electron chi connectivity index (χ2n) is 6.47. The van der Waals surface area contributed by atoms with E-state index in [9.17, 15) is 9.59 Å². The lowest BCUT2D eigenvalue weighted by atomic mass is 10.2. The van der Waals surface area contributed by atoms with Crippen molar-refractivity contribution >= 4 is 22.8 Å². The monoisotopic (exact) mass is 346 g/mol. The summed E-state index contributed by atoms with van der Waals surface area (Å²) in [5.41, 5.74) is 1.66. The van der Waals surface area contributed by atoms with Gasteiger partial charge in [-0.15, -0.1) is 0 Å². The van der Waals surface area contributed by atoms with Crippen molar-refractivity contribution in [1.29, 1.82) is 0 Å². The number of ether oxygens (including phenoxy) is 1. The molecule has 0 radical (unpaired) electrons. The number of fused-ring (bicyclic) bond motifs is 1. The number of methoxy groups -OCH3 is 1. The summed E-state index contributed by atoms with van der Waals surface area (Å²) < 4.78 is 6.70. The molecule has 2 amide bonds. The molecule has 0 spiro atoms. The largest absolute Gasteiger partial charge is 0.375 e. The molecule has 0 saturated heterocycles. The predicted octanol–water partition coefficient (Wildman–Crippen LogP) is 1.63. The third-order valence-corrected chi connectivity index (χ3v) is 3.73. The Morgan fingerprint density at radius 3 is 2.60 bits per heavy atom. The lowest BCUT2D eigenvalue weighted by molar-refractivity contribution is -0.125. The fraction of sp³-hybridized carbons (Fsp3) is 0.500. The maximum atomic E-state index is 12.3. The van der Waals surface area contributed by atoms with Crippen LogP contribution in [-0.4, -0.2) is 41.6 Å². The zero-order chi connectivity index (χ0) is 18.4. The number of amides is 2. The Labute approximate surface area is 147 Å². The van der Waals surface area contributed by atoms with Gasteiger partial charge < -0.3 is 19.9 Å². The minimum Gasteiger partial charge on any atom is -0.375 e. The van der Waals surface area contributed by atoms with Crippen LogP contribution in [-0.2, 0) is 20.9 Å². The predicted molar refractivity (Wildman–Crippen MR) is 96.0 cm³/mol. The van der Waals surface area contributed by atoms with Crippen molar-refractivity contribution in [3.05, 3.63) is 30.1 Å². The quantitative estimate of drug-likeness (QED) is 0.761. The Balaban J connectivity index is 2.26. The summed E-state index contributed by atoms with van der Waals surface area (Å²) in [7, 11) is 1.47. The zero-order valence-corrected chi connectivity index (χ0v) is 15.2. The number of imidazole rings is 1. The van der Waals surface area contributed by atoms with Crippen molar-refractivity contribution in [2.24, 2.45) is 5.92 Å². The van der Waals surface area contributed by atoms with E-state index in [2.05, 4.69) is 15.6 Å². The van der Waals surface area contributed by atoms with Crippen LogP contribution in [0.25, 0.3) is 11.0 Å². The molecule has 2 N–H and O–H groups in total. The second kappa shape index (κ2) is 8.62. The van der Waals surface area contributed by atoms with E-state index in [0.717, 1.165) is 11.0 Å². The highest BCUT2D eigenvalue weighted by molar-refractivity contribution is 5.81. The van der Waals surface area contributed by atoms with E-state index in [1.54, 1.807) is 0 Å². The summed E-state index contributed by atoms with van der Waals surface area (Å²) in [5, 5.41) is 5.76. The second-order valence-corrected chi connectivity index (χ2v) is 6.47. The number of carbonyl (C=O) groups excluding carboxylic acids is 2. The minimum atomic E-state index is -0.340. The number of para-hydroxylation sites is 2. The van der Waals surface area contributed by atoms with Crippen LogP contribution in [0.2, 0.25) is 0 Å². The number of aromatic nitrogens is 2. The average Bonchev–Trinajstić information content (AvgIpc) is 2.92. The summed E-state index contributed by atoms with van der Waals surface area (Å²) in [4.78, 5) is 28.7. The summed E-state index contributed by atoms with van der Waals surface area (Å²) in [6.07, 6.45) is 0. The first-order chi connectivity index (χ1) is 11.9. The van der Waals surface area contributed by atoms with Gasteiger partial charge in [-0.1, -0.05) is 26.0 Å². The molecule has 0 aliphatic heterocycles. The summed E-state index contributed by atoms with van der Waals surface area (Å²) in [5.74, 6) is 0.729. The first kappa shape index (κ1) is 18.9. The van der Waals surface area contributed by atoms with Crippen LogP contribution < -0.4 is 10.6 Å². The Kier molecular flexibility index (Phi) is 6.52. The molecule has 1 heterocycles. The van der Waals surface area contributed by atoms with Gasteiger partial charge >= 0.3 is 0 Å². The topological polar surface area (TPSA) is 85.2 Å². The molecule has 2 rings (SSSR count). The fourth-order valence-electron chi connectivity index (χ4n) is 2.59. The van der Waals surface area contributed by atoms with Crippen LogP contribution in [0.1, 0.15) is 32.6 Å². The number of rotatable bonds is 8. The minimum absolute atomic E-state index is 0.0144. The Morgan fingerprint density at radius 1 is 1.20 bits per heavy atom. The lowest BCUT2D eigenvalue weighted by Gasteiger charge is -2.16. The molecule has 0 bridgehead atoms. The van der Waals surface area contributed by atoms with Crippen LogP contribution in [0.5, 0.6) is 0 Å². The molecule has 1 atom stereocenters. The fourth-order valence-corrected chi connectivity index (χ4v) is 2.59. The van der Waals surface area contributed by atoms with E-state index in [4.69, 9.17) is 4.74 Å². The molecule has 1 unspecified atom stereocenters. The molecular formula is C18H26N4O3. The number of benzene rings is 1. The third kappa shape index (κ3) is 5.03. The summed E-state index contributed by atoms with van der Waals surface area (Å²) in [6.45, 7) is 6.71. The SMILES string of the molecule is COCC(=O)NC(C)c1nc2ccccc2n1CC(=O)NCC(C)C. The molecule has 7 nitrogen and oxygen atoms in total. The van der Waals surface area contributed by atoms with E-state index in [1.165, 1.54) is 7.11 Å². The van der Waals surface area contributed by atoms with Crippen LogP contribution in [0.4, 0.5) is 0 Å². The lowest BCUT2D eigenvalue weighted by Crippen LogP contribution is -2.34. The van der Waals surface area contributed by atoms with Gasteiger partial charge in [-0.05, 0) is 25.0 Å². The number of carbonyl (C=O) groups is 2. The van der Waals surface area contributed by atoms with E-state index in [-0.39, 0.29) is 31.0 Å². The molecular weight excluding hydrogens is 320 g/mol. The molecule has 136 valence electrons. The first-order valence-corrected chi connectivity index (χ1v) is 8.42. The van der Waals surface area contributed by atoms with E-state index < -0.39 is 0 Å². The van der Waals surface area contributed by atoms with Crippen LogP contribution >= 0.6 is 0 Å². The molecule has 25 heavy (non-hydrogen) atoms.